The van der Waals surface area contributed by atoms with Crippen LogP contribution in [0.25, 0.3) is 0 Å². The van der Waals surface area contributed by atoms with E-state index >= 15 is 0 Å². The third-order valence-corrected chi connectivity index (χ3v) is 12.2. The third kappa shape index (κ3) is 6.40. The number of carbonyl (C=O) groups excluding carboxylic acids is 2. The van der Waals surface area contributed by atoms with E-state index in [1.807, 2.05) is 62.8 Å². The van der Waals surface area contributed by atoms with Crippen molar-refractivity contribution >= 4 is 11.9 Å². The van der Waals surface area contributed by atoms with Crippen molar-refractivity contribution in [2.45, 2.75) is 125 Å². The summed E-state index contributed by atoms with van der Waals surface area (Å²) in [6.45, 7) is 0. The van der Waals surface area contributed by atoms with Gasteiger partial charge in [-0.05, 0) is 151 Å². The minimum absolute atomic E-state index is 0.0496. The van der Waals surface area contributed by atoms with Gasteiger partial charge in [-0.25, -0.2) is 0 Å². The first-order valence-electron chi connectivity index (χ1n) is 17.4. The smallest absolute Gasteiger partial charge is 0.314 e. The molecule has 0 saturated heterocycles. The van der Waals surface area contributed by atoms with Gasteiger partial charge in [0.1, 0.15) is 34.2 Å². The molecular formula is C38H48O8. The summed E-state index contributed by atoms with van der Waals surface area (Å²) >= 11 is 0. The van der Waals surface area contributed by atoms with E-state index in [4.69, 9.17) is 28.4 Å². The summed E-state index contributed by atoms with van der Waals surface area (Å²) in [7, 11) is 3.65. The summed E-state index contributed by atoms with van der Waals surface area (Å²) < 4.78 is 36.0. The highest BCUT2D eigenvalue weighted by Gasteiger charge is 2.51. The maximum absolute atomic E-state index is 13.0. The molecule has 0 atom stereocenters. The minimum Gasteiger partial charge on any atom is -0.487 e. The monoisotopic (exact) mass is 632 g/mol. The van der Waals surface area contributed by atoms with Gasteiger partial charge >= 0.3 is 11.9 Å². The van der Waals surface area contributed by atoms with Gasteiger partial charge in [0.05, 0.1) is 23.0 Å². The van der Waals surface area contributed by atoms with Crippen molar-refractivity contribution in [2.24, 2.45) is 11.8 Å². The van der Waals surface area contributed by atoms with Crippen LogP contribution in [0.3, 0.4) is 0 Å². The minimum atomic E-state index is -0.242. The molecular weight excluding hydrogens is 584 g/mol. The second kappa shape index (κ2) is 12.5. The number of hydrogen-bond acceptors (Lipinski definition) is 8. The molecule has 7 saturated carbocycles. The summed E-state index contributed by atoms with van der Waals surface area (Å²) in [5.74, 6) is 1.71. The fraction of sp³-hybridized carbons (Fsp3) is 0.632. The van der Waals surface area contributed by atoms with Crippen LogP contribution in [0.15, 0.2) is 48.5 Å². The van der Waals surface area contributed by atoms with Gasteiger partial charge in [0.15, 0.2) is 0 Å². The Bertz CT molecular complexity index is 1230. The Kier molecular flexibility index (Phi) is 8.55. The summed E-state index contributed by atoms with van der Waals surface area (Å²) in [4.78, 5) is 25.9. The van der Waals surface area contributed by atoms with Crippen molar-refractivity contribution in [2.75, 3.05) is 14.2 Å². The topological polar surface area (TPSA) is 89.5 Å². The number of benzene rings is 2. The molecule has 46 heavy (non-hydrogen) atoms. The zero-order chi connectivity index (χ0) is 31.8. The van der Waals surface area contributed by atoms with E-state index in [1.165, 1.54) is 0 Å². The van der Waals surface area contributed by atoms with E-state index < -0.39 is 0 Å². The van der Waals surface area contributed by atoms with Crippen LogP contribution in [0.5, 0.6) is 23.0 Å². The van der Waals surface area contributed by atoms with Crippen LogP contribution in [0.1, 0.15) is 103 Å². The molecule has 7 aliphatic carbocycles. The molecule has 2 aromatic carbocycles. The molecule has 248 valence electrons. The maximum Gasteiger partial charge on any atom is 0.314 e. The molecule has 8 nitrogen and oxygen atoms in total. The lowest BCUT2D eigenvalue weighted by Gasteiger charge is -2.52. The fourth-order valence-corrected chi connectivity index (χ4v) is 8.77. The molecule has 8 heteroatoms. The SMILES string of the molecule is COC12CCC(Oc3ccc(OC(=O)[C@H]4CC[C@H](C(=O)Oc5ccc(OC67CCC(OC)(CC6)CC7)cc5)CC4)cc3)(CC1)CC2. The number of ether oxygens (including phenoxy) is 6. The molecule has 2 aromatic rings. The molecule has 9 rings (SSSR count). The zero-order valence-corrected chi connectivity index (χ0v) is 27.4. The van der Waals surface area contributed by atoms with Crippen LogP contribution in [-0.2, 0) is 19.1 Å². The second-order valence-corrected chi connectivity index (χ2v) is 14.7. The van der Waals surface area contributed by atoms with E-state index in [0.29, 0.717) is 37.2 Å². The largest absolute Gasteiger partial charge is 0.487 e. The van der Waals surface area contributed by atoms with Gasteiger partial charge in [0.2, 0.25) is 0 Å². The average Bonchev–Trinajstić information content (AvgIpc) is 3.11. The lowest BCUT2D eigenvalue weighted by molar-refractivity contribution is -0.145. The molecule has 0 unspecified atom stereocenters. The van der Waals surface area contributed by atoms with E-state index in [0.717, 1.165) is 88.5 Å². The van der Waals surface area contributed by atoms with Gasteiger partial charge in [0, 0.05) is 14.2 Å². The molecule has 4 bridgehead atoms. The van der Waals surface area contributed by atoms with Gasteiger partial charge in [-0.2, -0.15) is 0 Å². The predicted octanol–water partition coefficient (Wildman–Crippen LogP) is 7.75. The molecule has 0 N–H and O–H groups in total. The van der Waals surface area contributed by atoms with Crippen LogP contribution in [0.4, 0.5) is 0 Å². The van der Waals surface area contributed by atoms with Crippen LogP contribution in [-0.4, -0.2) is 48.6 Å². The number of hydrogen-bond donors (Lipinski definition) is 0. The Hall–Kier alpha value is -3.10. The number of rotatable bonds is 10. The summed E-state index contributed by atoms with van der Waals surface area (Å²) in [6, 6.07) is 14.8. The van der Waals surface area contributed by atoms with Gasteiger partial charge < -0.3 is 28.4 Å². The molecule has 7 aliphatic rings. The van der Waals surface area contributed by atoms with Crippen molar-refractivity contribution in [1.29, 1.82) is 0 Å². The van der Waals surface area contributed by atoms with Gasteiger partial charge in [0.25, 0.3) is 0 Å². The first-order chi connectivity index (χ1) is 22.2. The highest BCUT2D eigenvalue weighted by molar-refractivity contribution is 5.77. The lowest BCUT2D eigenvalue weighted by Crippen LogP contribution is -2.53. The highest BCUT2D eigenvalue weighted by Crippen LogP contribution is 2.51. The van der Waals surface area contributed by atoms with Crippen molar-refractivity contribution in [3.63, 3.8) is 0 Å². The highest BCUT2D eigenvalue weighted by atomic mass is 16.5. The van der Waals surface area contributed by atoms with E-state index in [9.17, 15) is 9.59 Å². The number of carbonyl (C=O) groups is 2. The zero-order valence-electron chi connectivity index (χ0n) is 27.4. The van der Waals surface area contributed by atoms with Crippen LogP contribution in [0.2, 0.25) is 0 Å². The van der Waals surface area contributed by atoms with Crippen LogP contribution < -0.4 is 18.9 Å². The van der Waals surface area contributed by atoms with Gasteiger partial charge in [-0.15, -0.1) is 0 Å². The number of esters is 2. The number of fused-ring (bicyclic) bond motifs is 6. The number of methoxy groups -OCH3 is 2. The Labute approximate surface area is 272 Å². The summed E-state index contributed by atoms with van der Waals surface area (Å²) in [6.07, 6.45) is 14.7. The second-order valence-electron chi connectivity index (χ2n) is 14.7. The van der Waals surface area contributed by atoms with E-state index in [-0.39, 0.29) is 46.2 Å². The lowest BCUT2D eigenvalue weighted by atomic mass is 9.65. The molecule has 0 heterocycles. The summed E-state index contributed by atoms with van der Waals surface area (Å²) in [5, 5.41) is 0. The average molecular weight is 633 g/mol. The van der Waals surface area contributed by atoms with Crippen molar-refractivity contribution in [3.05, 3.63) is 48.5 Å². The quantitative estimate of drug-likeness (QED) is 0.194. The first kappa shape index (κ1) is 31.5. The molecule has 0 radical (unpaired) electrons. The standard InChI is InChI=1S/C38H48O8/c1-41-35-15-21-37(22-16-35,23-17-35)45-31-11-7-29(8-12-31)43-33(39)27-3-5-28(6-4-27)34(40)44-30-9-13-32(14-10-30)46-38-24-18-36(42-2,19-25-38)20-26-38/h7-14,27-28H,3-6,15-26H2,1-2H3/t27-,28-,35?,36?,37?,38?. The molecule has 0 aromatic heterocycles. The Morgan fingerprint density at radius 2 is 0.717 bits per heavy atom. The van der Waals surface area contributed by atoms with Crippen molar-refractivity contribution in [3.8, 4) is 23.0 Å². The molecule has 0 aliphatic heterocycles. The normalized spacial score (nSPS) is 34.9. The maximum atomic E-state index is 13.0. The van der Waals surface area contributed by atoms with E-state index in [2.05, 4.69) is 0 Å². The fourth-order valence-electron chi connectivity index (χ4n) is 8.77. The van der Waals surface area contributed by atoms with E-state index in [1.54, 1.807) is 0 Å². The Morgan fingerprint density at radius 1 is 0.457 bits per heavy atom. The molecule has 0 spiro atoms. The van der Waals surface area contributed by atoms with Crippen molar-refractivity contribution < 1.29 is 38.0 Å². The third-order valence-electron chi connectivity index (χ3n) is 12.2. The van der Waals surface area contributed by atoms with Gasteiger partial charge in [-0.3, -0.25) is 9.59 Å². The summed E-state index contributed by atoms with van der Waals surface area (Å²) in [5.41, 5.74) is -0.125. The molecule has 7 fully saturated rings. The van der Waals surface area contributed by atoms with Crippen molar-refractivity contribution in [1.82, 2.24) is 0 Å². The predicted molar refractivity (Wildman–Crippen MR) is 171 cm³/mol. The molecule has 0 amide bonds. The van der Waals surface area contributed by atoms with Gasteiger partial charge in [-0.1, -0.05) is 0 Å². The Morgan fingerprint density at radius 3 is 1.00 bits per heavy atom. The van der Waals surface area contributed by atoms with Crippen LogP contribution >= 0.6 is 0 Å². The first-order valence-corrected chi connectivity index (χ1v) is 17.4. The Balaban J connectivity index is 0.842. The van der Waals surface area contributed by atoms with Crippen LogP contribution in [0, 0.1) is 11.8 Å².